The van der Waals surface area contributed by atoms with E-state index in [1.54, 1.807) is 18.2 Å². The third-order valence-corrected chi connectivity index (χ3v) is 3.25. The van der Waals surface area contributed by atoms with Crippen LogP contribution in [0.4, 0.5) is 0 Å². The Labute approximate surface area is 129 Å². The van der Waals surface area contributed by atoms with Gasteiger partial charge in [0.25, 0.3) is 5.91 Å². The van der Waals surface area contributed by atoms with Crippen LogP contribution in [0.15, 0.2) is 48.5 Å². The Morgan fingerprint density at radius 2 is 1.68 bits per heavy atom. The van der Waals surface area contributed by atoms with Crippen LogP contribution in [0.5, 0.6) is 11.5 Å². The summed E-state index contributed by atoms with van der Waals surface area (Å²) in [5.41, 5.74) is 1.17. The van der Waals surface area contributed by atoms with Crippen molar-refractivity contribution in [2.45, 2.75) is 6.10 Å². The van der Waals surface area contributed by atoms with E-state index in [0.717, 1.165) is 5.56 Å². The van der Waals surface area contributed by atoms with Gasteiger partial charge in [0.2, 0.25) is 0 Å². The molecule has 0 radical (unpaired) electrons. The first-order valence-corrected chi connectivity index (χ1v) is 6.88. The highest BCUT2D eigenvalue weighted by molar-refractivity contribution is 5.95. The Balaban J connectivity index is 2.03. The molecule has 1 unspecified atom stereocenters. The van der Waals surface area contributed by atoms with Gasteiger partial charge in [-0.25, -0.2) is 0 Å². The van der Waals surface area contributed by atoms with Crippen molar-refractivity contribution in [3.63, 3.8) is 0 Å². The van der Waals surface area contributed by atoms with Gasteiger partial charge in [-0.05, 0) is 17.7 Å². The van der Waals surface area contributed by atoms with Gasteiger partial charge in [0.15, 0.2) is 0 Å². The monoisotopic (exact) mass is 301 g/mol. The van der Waals surface area contributed by atoms with Gasteiger partial charge in [0.05, 0.1) is 20.3 Å². The van der Waals surface area contributed by atoms with E-state index < -0.39 is 6.10 Å². The summed E-state index contributed by atoms with van der Waals surface area (Å²) in [6.45, 7) is 0.127. The molecule has 22 heavy (non-hydrogen) atoms. The molecule has 2 rings (SSSR count). The zero-order valence-electron chi connectivity index (χ0n) is 12.6. The van der Waals surface area contributed by atoms with Gasteiger partial charge in [0.1, 0.15) is 11.5 Å². The van der Waals surface area contributed by atoms with Gasteiger partial charge < -0.3 is 19.9 Å². The highest BCUT2D eigenvalue weighted by atomic mass is 16.5. The fourth-order valence-corrected chi connectivity index (χ4v) is 2.02. The van der Waals surface area contributed by atoms with E-state index >= 15 is 0 Å². The highest BCUT2D eigenvalue weighted by Crippen LogP contribution is 2.22. The van der Waals surface area contributed by atoms with Gasteiger partial charge >= 0.3 is 0 Å². The van der Waals surface area contributed by atoms with E-state index in [1.165, 1.54) is 14.2 Å². The molecule has 0 saturated carbocycles. The van der Waals surface area contributed by atoms with Crippen molar-refractivity contribution in [2.24, 2.45) is 0 Å². The molecule has 116 valence electrons. The lowest BCUT2D eigenvalue weighted by atomic mass is 10.1. The lowest BCUT2D eigenvalue weighted by molar-refractivity contribution is 0.0915. The minimum atomic E-state index is -0.752. The third kappa shape index (κ3) is 3.99. The lowest BCUT2D eigenvalue weighted by Crippen LogP contribution is -2.28. The molecule has 1 amide bonds. The summed E-state index contributed by atoms with van der Waals surface area (Å²) in [5, 5.41) is 12.8. The third-order valence-electron chi connectivity index (χ3n) is 3.25. The Bertz CT molecular complexity index is 606. The maximum atomic E-state index is 12.2. The van der Waals surface area contributed by atoms with Gasteiger partial charge in [-0.15, -0.1) is 0 Å². The molecule has 1 atom stereocenters. The normalized spacial score (nSPS) is 11.6. The first kappa shape index (κ1) is 15.9. The topological polar surface area (TPSA) is 67.8 Å². The number of carbonyl (C=O) groups excluding carboxylic acids is 1. The van der Waals surface area contributed by atoms with Crippen LogP contribution in [0.25, 0.3) is 0 Å². The summed E-state index contributed by atoms with van der Waals surface area (Å²) in [6.07, 6.45) is -0.752. The Hall–Kier alpha value is -2.53. The Morgan fingerprint density at radius 1 is 1.09 bits per heavy atom. The smallest absolute Gasteiger partial charge is 0.251 e. The molecule has 0 bridgehead atoms. The van der Waals surface area contributed by atoms with Crippen LogP contribution >= 0.6 is 0 Å². The van der Waals surface area contributed by atoms with Gasteiger partial charge in [0, 0.05) is 18.2 Å². The molecular weight excluding hydrogens is 282 g/mol. The highest BCUT2D eigenvalue weighted by Gasteiger charge is 2.12. The number of hydrogen-bond acceptors (Lipinski definition) is 4. The second-order valence-electron chi connectivity index (χ2n) is 4.74. The molecule has 5 heteroatoms. The van der Waals surface area contributed by atoms with Crippen LogP contribution in [0.2, 0.25) is 0 Å². The van der Waals surface area contributed by atoms with Crippen LogP contribution in [0.1, 0.15) is 22.0 Å². The average molecular weight is 301 g/mol. The molecule has 0 saturated heterocycles. The molecule has 2 aromatic carbocycles. The van der Waals surface area contributed by atoms with Crippen molar-refractivity contribution in [1.82, 2.24) is 5.32 Å². The van der Waals surface area contributed by atoms with Gasteiger partial charge in [-0.3, -0.25) is 4.79 Å². The van der Waals surface area contributed by atoms with Crippen LogP contribution < -0.4 is 14.8 Å². The molecule has 5 nitrogen and oxygen atoms in total. The summed E-state index contributed by atoms with van der Waals surface area (Å²) in [4.78, 5) is 12.2. The number of rotatable bonds is 6. The molecule has 0 aliphatic rings. The zero-order valence-corrected chi connectivity index (χ0v) is 12.6. The van der Waals surface area contributed by atoms with Crippen LogP contribution in [-0.4, -0.2) is 31.8 Å². The summed E-state index contributed by atoms with van der Waals surface area (Å²) in [6, 6.07) is 14.1. The fourth-order valence-electron chi connectivity index (χ4n) is 2.02. The van der Waals surface area contributed by atoms with Crippen molar-refractivity contribution >= 4 is 5.91 Å². The molecule has 2 aromatic rings. The van der Waals surface area contributed by atoms with Gasteiger partial charge in [-0.1, -0.05) is 30.3 Å². The molecule has 2 N–H and O–H groups in total. The number of benzene rings is 2. The van der Waals surface area contributed by atoms with Crippen LogP contribution in [0.3, 0.4) is 0 Å². The fraction of sp³-hybridized carbons (Fsp3) is 0.235. The maximum absolute atomic E-state index is 12.2. The lowest BCUT2D eigenvalue weighted by Gasteiger charge is -2.13. The second-order valence-corrected chi connectivity index (χ2v) is 4.74. The number of aliphatic hydroxyl groups is 1. The molecule has 0 aliphatic heterocycles. The van der Waals surface area contributed by atoms with Crippen LogP contribution in [0, 0.1) is 0 Å². The summed E-state index contributed by atoms with van der Waals surface area (Å²) >= 11 is 0. The number of aliphatic hydroxyl groups excluding tert-OH is 1. The van der Waals surface area contributed by atoms with Gasteiger partial charge in [-0.2, -0.15) is 0 Å². The van der Waals surface area contributed by atoms with E-state index in [1.807, 2.05) is 30.3 Å². The van der Waals surface area contributed by atoms with Crippen molar-refractivity contribution in [2.75, 3.05) is 20.8 Å². The van der Waals surface area contributed by atoms with Crippen LogP contribution in [-0.2, 0) is 0 Å². The number of carbonyl (C=O) groups is 1. The first-order chi connectivity index (χ1) is 10.6. The average Bonchev–Trinajstić information content (AvgIpc) is 2.59. The minimum Gasteiger partial charge on any atom is -0.497 e. The number of ether oxygens (including phenoxy) is 2. The quantitative estimate of drug-likeness (QED) is 0.858. The van der Waals surface area contributed by atoms with E-state index in [0.29, 0.717) is 17.1 Å². The second kappa shape index (κ2) is 7.47. The first-order valence-electron chi connectivity index (χ1n) is 6.88. The van der Waals surface area contributed by atoms with Crippen molar-refractivity contribution in [1.29, 1.82) is 0 Å². The Morgan fingerprint density at radius 3 is 2.23 bits per heavy atom. The van der Waals surface area contributed by atoms with E-state index in [4.69, 9.17) is 9.47 Å². The minimum absolute atomic E-state index is 0.127. The van der Waals surface area contributed by atoms with Crippen molar-refractivity contribution < 1.29 is 19.4 Å². The number of amides is 1. The molecular formula is C17H19NO4. The molecule has 0 heterocycles. The Kier molecular flexibility index (Phi) is 5.38. The molecule has 0 spiro atoms. The number of methoxy groups -OCH3 is 2. The van der Waals surface area contributed by atoms with E-state index in [2.05, 4.69) is 5.32 Å². The SMILES string of the molecule is COc1cc(OC)cc(C(=O)NCC(O)c2ccccc2)c1. The summed E-state index contributed by atoms with van der Waals surface area (Å²) in [7, 11) is 3.05. The van der Waals surface area contributed by atoms with E-state index in [9.17, 15) is 9.90 Å². The molecule has 0 fully saturated rings. The number of nitrogens with one attached hydrogen (secondary N) is 1. The summed E-state index contributed by atoms with van der Waals surface area (Å²) in [5.74, 6) is 0.772. The maximum Gasteiger partial charge on any atom is 0.251 e. The number of hydrogen-bond donors (Lipinski definition) is 2. The van der Waals surface area contributed by atoms with Crippen molar-refractivity contribution in [3.8, 4) is 11.5 Å². The standard InChI is InChI=1S/C17H19NO4/c1-21-14-8-13(9-15(10-14)22-2)17(20)18-11-16(19)12-6-4-3-5-7-12/h3-10,16,19H,11H2,1-2H3,(H,18,20). The molecule has 0 aliphatic carbocycles. The predicted molar refractivity (Wildman–Crippen MR) is 83.3 cm³/mol. The summed E-state index contributed by atoms with van der Waals surface area (Å²) < 4.78 is 10.3. The molecule has 0 aromatic heterocycles. The van der Waals surface area contributed by atoms with E-state index in [-0.39, 0.29) is 12.5 Å². The zero-order chi connectivity index (χ0) is 15.9. The largest absolute Gasteiger partial charge is 0.497 e. The van der Waals surface area contributed by atoms with Crippen molar-refractivity contribution in [3.05, 3.63) is 59.7 Å². The predicted octanol–water partition coefficient (Wildman–Crippen LogP) is 2.17.